The molecule has 1 aliphatic carbocycles. The minimum Gasteiger partial charge on any atom is -0.462 e. The Hall–Kier alpha value is -1.56. The lowest BCUT2D eigenvalue weighted by atomic mass is 9.93. The largest absolute Gasteiger partial charge is 0.462 e. The summed E-state index contributed by atoms with van der Waals surface area (Å²) in [7, 11) is 0. The second-order valence-electron chi connectivity index (χ2n) is 4.50. The van der Waals surface area contributed by atoms with Crippen LogP contribution in [0.3, 0.4) is 0 Å². The Morgan fingerprint density at radius 1 is 1.56 bits per heavy atom. The normalized spacial score (nSPS) is 23.9. The molecule has 2 N–H and O–H groups in total. The number of hydrogen-bond acceptors (Lipinski definition) is 4. The molecule has 1 aromatic rings. The van der Waals surface area contributed by atoms with E-state index in [1.54, 1.807) is 6.92 Å². The van der Waals surface area contributed by atoms with Gasteiger partial charge in [0.15, 0.2) is 0 Å². The van der Waals surface area contributed by atoms with Crippen molar-refractivity contribution in [2.24, 2.45) is 0 Å². The van der Waals surface area contributed by atoms with Crippen molar-refractivity contribution in [3.63, 3.8) is 0 Å². The maximum Gasteiger partial charge on any atom is 0.345 e. The molecule has 1 aromatic heterocycles. The van der Waals surface area contributed by atoms with Gasteiger partial charge in [0.1, 0.15) is 5.56 Å². The van der Waals surface area contributed by atoms with E-state index in [-0.39, 0.29) is 18.2 Å². The quantitative estimate of drug-likeness (QED) is 0.782. The lowest BCUT2D eigenvalue weighted by molar-refractivity contribution is 0.0520. The number of nitrogens with zero attached hydrogens (tertiary/aromatic N) is 1. The molecule has 0 aromatic carbocycles. The van der Waals surface area contributed by atoms with E-state index in [1.807, 2.05) is 0 Å². The third-order valence-corrected chi connectivity index (χ3v) is 3.32. The molecule has 6 heteroatoms. The summed E-state index contributed by atoms with van der Waals surface area (Å²) in [6.45, 7) is 1.92. The molecule has 2 rings (SSSR count). The molecule has 6 nitrogen and oxygen atoms in total. The van der Waals surface area contributed by atoms with Crippen LogP contribution in [0.15, 0.2) is 11.0 Å². The first-order valence-electron chi connectivity index (χ1n) is 6.30. The molecule has 1 heterocycles. The molecule has 0 bridgehead atoms. The second-order valence-corrected chi connectivity index (χ2v) is 4.50. The van der Waals surface area contributed by atoms with Gasteiger partial charge in [-0.3, -0.25) is 4.79 Å². The first kappa shape index (κ1) is 12.9. The first-order valence-corrected chi connectivity index (χ1v) is 6.30. The van der Waals surface area contributed by atoms with Gasteiger partial charge >= 0.3 is 5.97 Å². The Kier molecular flexibility index (Phi) is 3.86. The van der Waals surface area contributed by atoms with Gasteiger partial charge in [0.05, 0.1) is 18.8 Å². The van der Waals surface area contributed by atoms with Crippen LogP contribution in [0.4, 0.5) is 0 Å². The predicted molar refractivity (Wildman–Crippen MR) is 64.5 cm³/mol. The molecule has 1 saturated carbocycles. The van der Waals surface area contributed by atoms with E-state index in [4.69, 9.17) is 4.74 Å². The van der Waals surface area contributed by atoms with Gasteiger partial charge in [-0.2, -0.15) is 0 Å². The van der Waals surface area contributed by atoms with E-state index in [9.17, 15) is 14.7 Å². The highest BCUT2D eigenvalue weighted by molar-refractivity contribution is 5.88. The van der Waals surface area contributed by atoms with Crippen molar-refractivity contribution in [3.05, 3.63) is 22.1 Å². The molecule has 1 aliphatic rings. The molecule has 100 valence electrons. The number of hydrogen-bond donors (Lipinski definition) is 2. The van der Waals surface area contributed by atoms with Crippen molar-refractivity contribution < 1.29 is 14.6 Å². The number of esters is 1. The summed E-state index contributed by atoms with van der Waals surface area (Å²) >= 11 is 0. The number of aliphatic hydroxyl groups is 1. The van der Waals surface area contributed by atoms with Crippen LogP contribution >= 0.6 is 0 Å². The number of nitrogens with one attached hydrogen (secondary N) is 1. The molecule has 1 fully saturated rings. The van der Waals surface area contributed by atoms with Crippen molar-refractivity contribution in [1.82, 2.24) is 9.78 Å². The Morgan fingerprint density at radius 2 is 2.28 bits per heavy atom. The van der Waals surface area contributed by atoms with E-state index >= 15 is 0 Å². The Balaban J connectivity index is 2.25. The number of aromatic nitrogens is 2. The summed E-state index contributed by atoms with van der Waals surface area (Å²) in [6.07, 6.45) is 4.18. The zero-order valence-corrected chi connectivity index (χ0v) is 10.4. The lowest BCUT2D eigenvalue weighted by Crippen LogP contribution is -2.35. The average molecular weight is 254 g/mol. The van der Waals surface area contributed by atoms with Gasteiger partial charge in [0, 0.05) is 6.20 Å². The van der Waals surface area contributed by atoms with Crippen molar-refractivity contribution in [2.75, 3.05) is 6.61 Å². The van der Waals surface area contributed by atoms with Gasteiger partial charge in [-0.25, -0.2) is 9.48 Å². The van der Waals surface area contributed by atoms with Crippen molar-refractivity contribution in [1.29, 1.82) is 0 Å². The van der Waals surface area contributed by atoms with Crippen molar-refractivity contribution >= 4 is 5.97 Å². The smallest absolute Gasteiger partial charge is 0.345 e. The molecule has 0 spiro atoms. The highest BCUT2D eigenvalue weighted by Crippen LogP contribution is 2.27. The number of aliphatic hydroxyl groups excluding tert-OH is 1. The van der Waals surface area contributed by atoms with Crippen LogP contribution in [0.2, 0.25) is 0 Å². The van der Waals surface area contributed by atoms with Crippen molar-refractivity contribution in [2.45, 2.75) is 44.8 Å². The molecular formula is C12H18N2O4. The fraction of sp³-hybridized carbons (Fsp3) is 0.667. The highest BCUT2D eigenvalue weighted by Gasteiger charge is 2.28. The summed E-state index contributed by atoms with van der Waals surface area (Å²) in [5.41, 5.74) is -0.422. The number of aromatic amines is 1. The monoisotopic (exact) mass is 254 g/mol. The molecule has 0 radical (unpaired) electrons. The third-order valence-electron chi connectivity index (χ3n) is 3.32. The molecule has 0 saturated heterocycles. The van der Waals surface area contributed by atoms with Crippen LogP contribution in [-0.4, -0.2) is 33.6 Å². The van der Waals surface area contributed by atoms with E-state index in [0.717, 1.165) is 19.3 Å². The third kappa shape index (κ3) is 2.33. The van der Waals surface area contributed by atoms with Gasteiger partial charge in [0.25, 0.3) is 5.56 Å². The van der Waals surface area contributed by atoms with Crippen LogP contribution in [0.25, 0.3) is 0 Å². The van der Waals surface area contributed by atoms with Gasteiger partial charge in [0.2, 0.25) is 0 Å². The van der Waals surface area contributed by atoms with Gasteiger partial charge in [-0.05, 0) is 19.8 Å². The molecule has 2 unspecified atom stereocenters. The summed E-state index contributed by atoms with van der Waals surface area (Å²) in [5.74, 6) is -0.622. The number of ether oxygens (including phenoxy) is 1. The minimum atomic E-state index is -0.622. The lowest BCUT2D eigenvalue weighted by Gasteiger charge is -2.27. The molecular weight excluding hydrogens is 236 g/mol. The Labute approximate surface area is 105 Å². The summed E-state index contributed by atoms with van der Waals surface area (Å²) < 4.78 is 6.14. The molecule has 0 aliphatic heterocycles. The summed E-state index contributed by atoms with van der Waals surface area (Å²) in [5, 5.41) is 12.7. The van der Waals surface area contributed by atoms with Crippen LogP contribution in [0.5, 0.6) is 0 Å². The Bertz CT molecular complexity index is 477. The fourth-order valence-electron chi connectivity index (χ4n) is 2.38. The maximum absolute atomic E-state index is 12.0. The summed E-state index contributed by atoms with van der Waals surface area (Å²) in [6, 6.07) is -0.269. The average Bonchev–Trinajstić information content (AvgIpc) is 2.72. The zero-order chi connectivity index (χ0) is 13.1. The predicted octanol–water partition coefficient (Wildman–Crippen LogP) is 0.829. The van der Waals surface area contributed by atoms with Gasteiger partial charge in [-0.15, -0.1) is 0 Å². The number of rotatable bonds is 3. The van der Waals surface area contributed by atoms with E-state index in [1.165, 1.54) is 10.9 Å². The molecule has 18 heavy (non-hydrogen) atoms. The van der Waals surface area contributed by atoms with Gasteiger partial charge in [-0.1, -0.05) is 12.8 Å². The minimum absolute atomic E-state index is 0.00498. The number of carbonyl (C=O) groups is 1. The second kappa shape index (κ2) is 5.39. The topological polar surface area (TPSA) is 84.3 Å². The Morgan fingerprint density at radius 3 is 2.94 bits per heavy atom. The summed E-state index contributed by atoms with van der Waals surface area (Å²) in [4.78, 5) is 23.6. The fourth-order valence-corrected chi connectivity index (χ4v) is 2.38. The van der Waals surface area contributed by atoms with E-state index in [0.29, 0.717) is 6.42 Å². The van der Waals surface area contributed by atoms with Crippen LogP contribution in [0, 0.1) is 0 Å². The SMILES string of the molecule is CCOC(=O)c1c[nH]n(C2CCCCC2O)c1=O. The standard InChI is InChI=1S/C12H18N2O4/c1-2-18-12(17)8-7-13-14(11(8)16)9-5-3-4-6-10(9)15/h7,9-10,13,15H,2-6H2,1H3. The van der Waals surface area contributed by atoms with Crippen LogP contribution < -0.4 is 5.56 Å². The van der Waals surface area contributed by atoms with Gasteiger partial charge < -0.3 is 14.9 Å². The molecule has 2 atom stereocenters. The number of H-pyrrole nitrogens is 1. The van der Waals surface area contributed by atoms with Crippen molar-refractivity contribution in [3.8, 4) is 0 Å². The first-order chi connectivity index (χ1) is 8.65. The van der Waals surface area contributed by atoms with E-state index in [2.05, 4.69) is 5.10 Å². The van der Waals surface area contributed by atoms with Crippen LogP contribution in [-0.2, 0) is 4.74 Å². The van der Waals surface area contributed by atoms with Crippen LogP contribution in [0.1, 0.15) is 49.0 Å². The van der Waals surface area contributed by atoms with E-state index < -0.39 is 17.6 Å². The highest BCUT2D eigenvalue weighted by atomic mass is 16.5. The maximum atomic E-state index is 12.0. The molecule has 0 amide bonds. The zero-order valence-electron chi connectivity index (χ0n) is 10.4. The number of carbonyl (C=O) groups excluding carboxylic acids is 1.